The molecule has 4 nitrogen and oxygen atoms in total. The highest BCUT2D eigenvalue weighted by molar-refractivity contribution is 5.95. The van der Waals surface area contributed by atoms with E-state index in [1.165, 1.54) is 12.1 Å². The van der Waals surface area contributed by atoms with Crippen LogP contribution in [-0.2, 0) is 0 Å². The second kappa shape index (κ2) is 7.63. The van der Waals surface area contributed by atoms with Crippen LogP contribution in [0, 0.1) is 11.3 Å². The second-order valence-corrected chi connectivity index (χ2v) is 7.05. The molecule has 0 N–H and O–H groups in total. The van der Waals surface area contributed by atoms with E-state index in [4.69, 9.17) is 0 Å². The first-order valence-corrected chi connectivity index (χ1v) is 9.33. The van der Waals surface area contributed by atoms with Crippen LogP contribution >= 0.6 is 0 Å². The largest absolute Gasteiger partial charge is 0.573 e. The fourth-order valence-electron chi connectivity index (χ4n) is 3.90. The van der Waals surface area contributed by atoms with E-state index in [2.05, 4.69) is 20.7 Å². The molecule has 0 radical (unpaired) electrons. The third-order valence-electron chi connectivity index (χ3n) is 5.20. The number of hydrogen-bond acceptors (Lipinski definition) is 4. The summed E-state index contributed by atoms with van der Waals surface area (Å²) in [5, 5.41) is 11.1. The fraction of sp³-hybridized carbons (Fsp3) is 0.273. The number of piperidine rings is 1. The highest BCUT2D eigenvalue weighted by Crippen LogP contribution is 2.34. The number of hydrogen-bond donors (Lipinski definition) is 0. The number of ether oxygens (including phenoxy) is 1. The number of fused-ring (bicyclic) bond motifs is 1. The summed E-state index contributed by atoms with van der Waals surface area (Å²) in [5.41, 5.74) is 1.51. The van der Waals surface area contributed by atoms with Crippen LogP contribution in [0.15, 0.2) is 54.7 Å². The zero-order valence-electron chi connectivity index (χ0n) is 15.5. The SMILES string of the molecule is N#Cc1cnc(N2CCCC(c3ccc(OC(F)(F)F)cc3)C2)c2ccccc12. The van der Waals surface area contributed by atoms with Crippen LogP contribution in [0.25, 0.3) is 10.8 Å². The van der Waals surface area contributed by atoms with Crippen molar-refractivity contribution >= 4 is 16.6 Å². The van der Waals surface area contributed by atoms with Crippen molar-refractivity contribution in [2.24, 2.45) is 0 Å². The normalized spacial score (nSPS) is 17.2. The number of aromatic nitrogens is 1. The number of halogens is 3. The van der Waals surface area contributed by atoms with Gasteiger partial charge < -0.3 is 9.64 Å². The quantitative estimate of drug-likeness (QED) is 0.595. The van der Waals surface area contributed by atoms with Crippen molar-refractivity contribution < 1.29 is 17.9 Å². The lowest BCUT2D eigenvalue weighted by Crippen LogP contribution is -2.35. The van der Waals surface area contributed by atoms with E-state index in [0.29, 0.717) is 12.1 Å². The number of benzene rings is 2. The predicted octanol–water partition coefficient (Wildman–Crippen LogP) is 5.39. The Morgan fingerprint density at radius 3 is 2.48 bits per heavy atom. The van der Waals surface area contributed by atoms with Gasteiger partial charge in [-0.2, -0.15) is 5.26 Å². The maximum absolute atomic E-state index is 12.4. The molecule has 1 atom stereocenters. The molecular formula is C22H18F3N3O. The van der Waals surface area contributed by atoms with Crippen molar-refractivity contribution in [2.75, 3.05) is 18.0 Å². The zero-order valence-corrected chi connectivity index (χ0v) is 15.5. The second-order valence-electron chi connectivity index (χ2n) is 7.05. The first kappa shape index (κ1) is 19.1. The molecule has 0 saturated carbocycles. The minimum atomic E-state index is -4.69. The maximum atomic E-state index is 12.4. The number of rotatable bonds is 3. The summed E-state index contributed by atoms with van der Waals surface area (Å²) in [5.74, 6) is 0.801. The van der Waals surface area contributed by atoms with Crippen LogP contribution in [0.3, 0.4) is 0 Å². The smallest absolute Gasteiger partial charge is 0.406 e. The van der Waals surface area contributed by atoms with Gasteiger partial charge in [-0.25, -0.2) is 4.98 Å². The molecule has 0 amide bonds. The van der Waals surface area contributed by atoms with E-state index in [0.717, 1.165) is 41.5 Å². The summed E-state index contributed by atoms with van der Waals surface area (Å²) < 4.78 is 41.0. The topological polar surface area (TPSA) is 49.2 Å². The number of nitriles is 1. The van der Waals surface area contributed by atoms with Gasteiger partial charge in [-0.1, -0.05) is 36.4 Å². The van der Waals surface area contributed by atoms with E-state index in [1.807, 2.05) is 24.3 Å². The first-order valence-electron chi connectivity index (χ1n) is 9.33. The van der Waals surface area contributed by atoms with Gasteiger partial charge in [0.25, 0.3) is 0 Å². The van der Waals surface area contributed by atoms with E-state index >= 15 is 0 Å². The first-order chi connectivity index (χ1) is 13.9. The molecule has 0 spiro atoms. The fourth-order valence-corrected chi connectivity index (χ4v) is 3.90. The van der Waals surface area contributed by atoms with E-state index < -0.39 is 6.36 Å². The van der Waals surface area contributed by atoms with Crippen LogP contribution in [0.4, 0.5) is 19.0 Å². The van der Waals surface area contributed by atoms with Gasteiger partial charge in [-0.05, 0) is 30.5 Å². The molecule has 7 heteroatoms. The Balaban J connectivity index is 1.58. The lowest BCUT2D eigenvalue weighted by Gasteiger charge is -2.34. The van der Waals surface area contributed by atoms with Gasteiger partial charge in [0.05, 0.1) is 5.56 Å². The molecule has 3 aromatic rings. The molecule has 1 unspecified atom stereocenters. The van der Waals surface area contributed by atoms with Crippen molar-refractivity contribution in [1.82, 2.24) is 4.98 Å². The van der Waals surface area contributed by atoms with Gasteiger partial charge >= 0.3 is 6.36 Å². The molecule has 4 rings (SSSR count). The molecule has 1 fully saturated rings. The molecule has 1 aromatic heterocycles. The summed E-state index contributed by atoms with van der Waals surface area (Å²) in [4.78, 5) is 6.73. The van der Waals surface area contributed by atoms with Crippen LogP contribution in [0.2, 0.25) is 0 Å². The van der Waals surface area contributed by atoms with E-state index in [9.17, 15) is 18.4 Å². The average Bonchev–Trinajstić information content (AvgIpc) is 2.72. The van der Waals surface area contributed by atoms with Gasteiger partial charge in [-0.15, -0.1) is 13.2 Å². The average molecular weight is 397 g/mol. The van der Waals surface area contributed by atoms with Gasteiger partial charge in [0.1, 0.15) is 17.6 Å². The molecule has 2 heterocycles. The molecular weight excluding hydrogens is 379 g/mol. The summed E-state index contributed by atoms with van der Waals surface area (Å²) >= 11 is 0. The Bertz CT molecular complexity index is 1060. The monoisotopic (exact) mass is 397 g/mol. The van der Waals surface area contributed by atoms with Gasteiger partial charge in [0, 0.05) is 36.0 Å². The molecule has 1 saturated heterocycles. The Morgan fingerprint density at radius 2 is 1.79 bits per heavy atom. The molecule has 29 heavy (non-hydrogen) atoms. The Hall–Kier alpha value is -3.27. The van der Waals surface area contributed by atoms with Gasteiger partial charge in [-0.3, -0.25) is 0 Å². The van der Waals surface area contributed by atoms with Crippen molar-refractivity contribution in [3.63, 3.8) is 0 Å². The number of anilines is 1. The third-order valence-corrected chi connectivity index (χ3v) is 5.20. The van der Waals surface area contributed by atoms with Crippen molar-refractivity contribution in [2.45, 2.75) is 25.1 Å². The lowest BCUT2D eigenvalue weighted by molar-refractivity contribution is -0.274. The van der Waals surface area contributed by atoms with Gasteiger partial charge in [0.15, 0.2) is 0 Å². The van der Waals surface area contributed by atoms with Crippen LogP contribution < -0.4 is 9.64 Å². The lowest BCUT2D eigenvalue weighted by atomic mass is 9.90. The molecule has 1 aliphatic rings. The molecule has 148 valence electrons. The number of nitrogens with zero attached hydrogens (tertiary/aromatic N) is 3. The minimum absolute atomic E-state index is 0.180. The third kappa shape index (κ3) is 4.11. The molecule has 0 aliphatic carbocycles. The number of alkyl halides is 3. The maximum Gasteiger partial charge on any atom is 0.573 e. The summed E-state index contributed by atoms with van der Waals surface area (Å²) in [6.07, 6.45) is -1.19. The zero-order chi connectivity index (χ0) is 20.4. The standard InChI is InChI=1S/C22H18F3N3O/c23-22(24,25)29-18-9-7-15(8-10-18)16-4-3-11-28(14-16)21-20-6-2-1-5-19(20)17(12-26)13-27-21/h1-2,5-10,13,16H,3-4,11,14H2. The van der Waals surface area contributed by atoms with Crippen LogP contribution in [0.1, 0.15) is 29.9 Å². The van der Waals surface area contributed by atoms with Crippen LogP contribution in [0.5, 0.6) is 5.75 Å². The molecule has 0 bridgehead atoms. The minimum Gasteiger partial charge on any atom is -0.406 e. The Labute approximate surface area is 166 Å². The molecule has 2 aromatic carbocycles. The number of pyridine rings is 1. The Kier molecular flexibility index (Phi) is 5.01. The van der Waals surface area contributed by atoms with E-state index in [-0.39, 0.29) is 11.7 Å². The predicted molar refractivity (Wildman–Crippen MR) is 104 cm³/mol. The van der Waals surface area contributed by atoms with E-state index in [1.54, 1.807) is 18.3 Å². The van der Waals surface area contributed by atoms with Crippen molar-refractivity contribution in [1.29, 1.82) is 5.26 Å². The summed E-state index contributed by atoms with van der Waals surface area (Å²) in [6.45, 7) is 1.55. The summed E-state index contributed by atoms with van der Waals surface area (Å²) in [6, 6.07) is 16.0. The Morgan fingerprint density at radius 1 is 1.07 bits per heavy atom. The summed E-state index contributed by atoms with van der Waals surface area (Å²) in [7, 11) is 0. The highest BCUT2D eigenvalue weighted by atomic mass is 19.4. The van der Waals surface area contributed by atoms with Gasteiger partial charge in [0.2, 0.25) is 0 Å². The highest BCUT2D eigenvalue weighted by Gasteiger charge is 2.31. The molecule has 1 aliphatic heterocycles. The van der Waals surface area contributed by atoms with Crippen molar-refractivity contribution in [3.05, 3.63) is 65.9 Å². The van der Waals surface area contributed by atoms with Crippen molar-refractivity contribution in [3.8, 4) is 11.8 Å². The van der Waals surface area contributed by atoms with Crippen LogP contribution in [-0.4, -0.2) is 24.4 Å².